The zero-order valence-electron chi connectivity index (χ0n) is 14.9. The number of aryl methyl sites for hydroxylation is 4. The average Bonchev–Trinajstić information content (AvgIpc) is 2.96. The van der Waals surface area contributed by atoms with E-state index in [9.17, 15) is 4.79 Å². The van der Waals surface area contributed by atoms with E-state index >= 15 is 0 Å². The molecule has 3 aromatic rings. The van der Waals surface area contributed by atoms with E-state index in [0.29, 0.717) is 0 Å². The molecule has 1 aliphatic rings. The van der Waals surface area contributed by atoms with Crippen molar-refractivity contribution in [3.63, 3.8) is 0 Å². The van der Waals surface area contributed by atoms with Crippen LogP contribution in [0.4, 0.5) is 0 Å². The third kappa shape index (κ3) is 2.83. The highest BCUT2D eigenvalue weighted by molar-refractivity contribution is 7.99. The summed E-state index contributed by atoms with van der Waals surface area (Å²) in [6.07, 6.45) is 4.50. The number of rotatable bonds is 3. The molecule has 5 heteroatoms. The van der Waals surface area contributed by atoms with Crippen molar-refractivity contribution in [1.29, 1.82) is 0 Å². The van der Waals surface area contributed by atoms with Gasteiger partial charge in [-0.2, -0.15) is 0 Å². The van der Waals surface area contributed by atoms with Gasteiger partial charge in [0.1, 0.15) is 4.83 Å². The van der Waals surface area contributed by atoms with Crippen molar-refractivity contribution < 1.29 is 0 Å². The lowest BCUT2D eigenvalue weighted by Crippen LogP contribution is -2.22. The van der Waals surface area contributed by atoms with E-state index in [-0.39, 0.29) is 5.56 Å². The SMILES string of the molecule is CCSc1nc2sc3c(c2c(=O)n1-c1ccc(C)c(C)c1)CCCC3. The van der Waals surface area contributed by atoms with Gasteiger partial charge in [0.15, 0.2) is 5.16 Å². The predicted octanol–water partition coefficient (Wildman–Crippen LogP) is 5.05. The number of hydrogen-bond donors (Lipinski definition) is 0. The molecule has 130 valence electrons. The number of aromatic nitrogens is 2. The quantitative estimate of drug-likeness (QED) is 0.478. The second kappa shape index (κ2) is 6.61. The Hall–Kier alpha value is -1.59. The first-order valence-corrected chi connectivity index (χ1v) is 10.7. The van der Waals surface area contributed by atoms with Gasteiger partial charge in [0.2, 0.25) is 0 Å². The molecular formula is C20H22N2OS2. The van der Waals surface area contributed by atoms with Gasteiger partial charge < -0.3 is 0 Å². The molecule has 4 rings (SSSR count). The lowest BCUT2D eigenvalue weighted by Gasteiger charge is -2.14. The molecule has 0 unspecified atom stereocenters. The van der Waals surface area contributed by atoms with Crippen LogP contribution in [0.15, 0.2) is 28.2 Å². The van der Waals surface area contributed by atoms with Gasteiger partial charge in [-0.25, -0.2) is 4.98 Å². The van der Waals surface area contributed by atoms with Crippen molar-refractivity contribution in [1.82, 2.24) is 9.55 Å². The summed E-state index contributed by atoms with van der Waals surface area (Å²) in [5, 5.41) is 1.67. The molecule has 3 nitrogen and oxygen atoms in total. The molecule has 0 amide bonds. The minimum Gasteiger partial charge on any atom is -0.268 e. The Kier molecular flexibility index (Phi) is 4.46. The largest absolute Gasteiger partial charge is 0.268 e. The zero-order chi connectivity index (χ0) is 17.6. The Labute approximate surface area is 156 Å². The molecule has 0 aliphatic heterocycles. The number of thioether (sulfide) groups is 1. The first-order valence-electron chi connectivity index (χ1n) is 8.88. The molecule has 0 atom stereocenters. The monoisotopic (exact) mass is 370 g/mol. The van der Waals surface area contributed by atoms with Gasteiger partial charge in [0.25, 0.3) is 5.56 Å². The number of nitrogens with zero attached hydrogens (tertiary/aromatic N) is 2. The molecule has 0 spiro atoms. The Morgan fingerprint density at radius 1 is 1.20 bits per heavy atom. The normalized spacial score (nSPS) is 14.0. The van der Waals surface area contributed by atoms with Gasteiger partial charge in [0, 0.05) is 4.88 Å². The summed E-state index contributed by atoms with van der Waals surface area (Å²) in [7, 11) is 0. The van der Waals surface area contributed by atoms with Gasteiger partial charge >= 0.3 is 0 Å². The van der Waals surface area contributed by atoms with Crippen molar-refractivity contribution in [2.45, 2.75) is 51.6 Å². The Morgan fingerprint density at radius 3 is 2.76 bits per heavy atom. The van der Waals surface area contributed by atoms with E-state index in [0.717, 1.165) is 39.7 Å². The van der Waals surface area contributed by atoms with Crippen LogP contribution in [-0.2, 0) is 12.8 Å². The molecule has 2 aromatic heterocycles. The molecular weight excluding hydrogens is 348 g/mol. The van der Waals surface area contributed by atoms with Crippen LogP contribution in [0, 0.1) is 13.8 Å². The van der Waals surface area contributed by atoms with Crippen molar-refractivity contribution in [3.05, 3.63) is 50.1 Å². The van der Waals surface area contributed by atoms with Crippen LogP contribution >= 0.6 is 23.1 Å². The Balaban J connectivity index is 2.03. The maximum atomic E-state index is 13.5. The molecule has 0 saturated carbocycles. The molecule has 1 aliphatic carbocycles. The van der Waals surface area contributed by atoms with Crippen LogP contribution in [-0.4, -0.2) is 15.3 Å². The van der Waals surface area contributed by atoms with Crippen molar-refractivity contribution >= 4 is 33.3 Å². The number of benzene rings is 1. The molecule has 0 saturated heterocycles. The summed E-state index contributed by atoms with van der Waals surface area (Å²) in [4.78, 5) is 20.7. The molecule has 0 radical (unpaired) electrons. The molecule has 25 heavy (non-hydrogen) atoms. The smallest absolute Gasteiger partial charge is 0.267 e. The zero-order valence-corrected chi connectivity index (χ0v) is 16.5. The first-order chi connectivity index (χ1) is 12.1. The molecule has 1 aromatic carbocycles. The van der Waals surface area contributed by atoms with E-state index in [2.05, 4.69) is 32.9 Å². The summed E-state index contributed by atoms with van der Waals surface area (Å²) >= 11 is 3.37. The van der Waals surface area contributed by atoms with Gasteiger partial charge in [-0.15, -0.1) is 11.3 Å². The molecule has 0 fully saturated rings. The van der Waals surface area contributed by atoms with Crippen molar-refractivity contribution in [2.75, 3.05) is 5.75 Å². The summed E-state index contributed by atoms with van der Waals surface area (Å²) in [5.41, 5.74) is 4.72. The van der Waals surface area contributed by atoms with Crippen LogP contribution < -0.4 is 5.56 Å². The van der Waals surface area contributed by atoms with Gasteiger partial charge in [-0.05, 0) is 74.1 Å². The second-order valence-electron chi connectivity index (χ2n) is 6.63. The standard InChI is InChI=1S/C20H22N2OS2/c1-4-24-20-21-18-17(15-7-5-6-8-16(15)25-18)19(23)22(20)14-10-9-12(2)13(3)11-14/h9-11H,4-8H2,1-3H3. The minimum absolute atomic E-state index is 0.101. The highest BCUT2D eigenvalue weighted by atomic mass is 32.2. The molecule has 0 bridgehead atoms. The molecule has 0 N–H and O–H groups in total. The summed E-state index contributed by atoms with van der Waals surface area (Å²) in [6, 6.07) is 6.23. The molecule has 2 heterocycles. The summed E-state index contributed by atoms with van der Waals surface area (Å²) in [5.74, 6) is 0.897. The van der Waals surface area contributed by atoms with E-state index in [1.54, 1.807) is 23.1 Å². The minimum atomic E-state index is 0.101. The second-order valence-corrected chi connectivity index (χ2v) is 8.94. The van der Waals surface area contributed by atoms with E-state index in [4.69, 9.17) is 4.98 Å². The maximum absolute atomic E-state index is 13.5. The lowest BCUT2D eigenvalue weighted by molar-refractivity contribution is 0.699. The number of fused-ring (bicyclic) bond motifs is 3. The van der Waals surface area contributed by atoms with Crippen LogP contribution in [0.1, 0.15) is 41.3 Å². The Bertz CT molecular complexity index is 1020. The van der Waals surface area contributed by atoms with E-state index in [1.165, 1.54) is 34.4 Å². The lowest BCUT2D eigenvalue weighted by atomic mass is 9.97. The van der Waals surface area contributed by atoms with Crippen LogP contribution in [0.5, 0.6) is 0 Å². The van der Waals surface area contributed by atoms with Gasteiger partial charge in [-0.3, -0.25) is 9.36 Å². The fourth-order valence-corrected chi connectivity index (χ4v) is 5.55. The summed E-state index contributed by atoms with van der Waals surface area (Å²) < 4.78 is 1.82. The summed E-state index contributed by atoms with van der Waals surface area (Å²) in [6.45, 7) is 6.29. The maximum Gasteiger partial charge on any atom is 0.267 e. The Morgan fingerprint density at radius 2 is 2.00 bits per heavy atom. The van der Waals surface area contributed by atoms with Crippen molar-refractivity contribution in [3.8, 4) is 5.69 Å². The van der Waals surface area contributed by atoms with Gasteiger partial charge in [0.05, 0.1) is 11.1 Å². The fourth-order valence-electron chi connectivity index (χ4n) is 3.50. The fraction of sp³-hybridized carbons (Fsp3) is 0.400. The third-order valence-corrected chi connectivity index (χ3v) is 6.99. The third-order valence-electron chi connectivity index (χ3n) is 4.98. The van der Waals surface area contributed by atoms with E-state index in [1.807, 2.05) is 10.6 Å². The number of thiophene rings is 1. The topological polar surface area (TPSA) is 34.9 Å². The van der Waals surface area contributed by atoms with Crippen LogP contribution in [0.3, 0.4) is 0 Å². The van der Waals surface area contributed by atoms with E-state index < -0.39 is 0 Å². The number of hydrogen-bond acceptors (Lipinski definition) is 4. The van der Waals surface area contributed by atoms with Crippen molar-refractivity contribution in [2.24, 2.45) is 0 Å². The highest BCUT2D eigenvalue weighted by Crippen LogP contribution is 2.35. The van der Waals surface area contributed by atoms with Crippen LogP contribution in [0.25, 0.3) is 15.9 Å². The first kappa shape index (κ1) is 16.9. The van der Waals surface area contributed by atoms with Gasteiger partial charge in [-0.1, -0.05) is 24.8 Å². The average molecular weight is 371 g/mol. The predicted molar refractivity (Wildman–Crippen MR) is 108 cm³/mol. The highest BCUT2D eigenvalue weighted by Gasteiger charge is 2.22. The van der Waals surface area contributed by atoms with Crippen LogP contribution in [0.2, 0.25) is 0 Å².